The first-order chi connectivity index (χ1) is 11.7. The van der Waals surface area contributed by atoms with Crippen LogP contribution in [0.25, 0.3) is 0 Å². The third-order valence-electron chi connectivity index (χ3n) is 4.34. The second-order valence-corrected chi connectivity index (χ2v) is 6.60. The van der Waals surface area contributed by atoms with Crippen molar-refractivity contribution in [1.29, 1.82) is 5.26 Å². The Kier molecular flexibility index (Phi) is 4.08. The minimum atomic E-state index is -0.0235. The molecule has 124 valence electrons. The van der Waals surface area contributed by atoms with Gasteiger partial charge in [-0.25, -0.2) is 9.97 Å². The quantitative estimate of drug-likeness (QED) is 0.865. The van der Waals surface area contributed by atoms with Crippen molar-refractivity contribution in [2.24, 2.45) is 0 Å². The van der Waals surface area contributed by atoms with Gasteiger partial charge in [0.15, 0.2) is 17.3 Å². The largest absolute Gasteiger partial charge is 0.367 e. The molecule has 2 atom stereocenters. The van der Waals surface area contributed by atoms with E-state index in [0.717, 1.165) is 24.5 Å². The van der Waals surface area contributed by atoms with E-state index in [-0.39, 0.29) is 17.9 Å². The lowest BCUT2D eigenvalue weighted by Crippen LogP contribution is -2.19. The van der Waals surface area contributed by atoms with Crippen LogP contribution >= 0.6 is 11.6 Å². The summed E-state index contributed by atoms with van der Waals surface area (Å²) < 4.78 is 6.05. The minimum absolute atomic E-state index is 0.0235. The summed E-state index contributed by atoms with van der Waals surface area (Å²) in [6.07, 6.45) is 4.29. The van der Waals surface area contributed by atoms with Gasteiger partial charge in [0.05, 0.1) is 11.1 Å². The molecule has 1 saturated heterocycles. The number of H-pyrrole nitrogens is 1. The minimum Gasteiger partial charge on any atom is -0.367 e. The summed E-state index contributed by atoms with van der Waals surface area (Å²) in [6.45, 7) is 0.625. The number of halogens is 1. The van der Waals surface area contributed by atoms with E-state index >= 15 is 0 Å². The van der Waals surface area contributed by atoms with Crippen LogP contribution in [0.4, 0.5) is 5.82 Å². The van der Waals surface area contributed by atoms with Gasteiger partial charge in [0, 0.05) is 12.5 Å². The van der Waals surface area contributed by atoms with Crippen molar-refractivity contribution in [1.82, 2.24) is 20.2 Å². The first-order valence-corrected chi connectivity index (χ1v) is 8.49. The smallest absolute Gasteiger partial charge is 0.161 e. The molecule has 2 aromatic heterocycles. The number of aromatic nitrogens is 4. The maximum atomic E-state index is 8.96. The fourth-order valence-corrected chi connectivity index (χ4v) is 3.00. The molecule has 0 unspecified atom stereocenters. The van der Waals surface area contributed by atoms with Crippen LogP contribution in [0.2, 0.25) is 5.02 Å². The molecule has 2 aliphatic rings. The van der Waals surface area contributed by atoms with Gasteiger partial charge >= 0.3 is 0 Å². The molecular formula is C16H17ClN6O. The lowest BCUT2D eigenvalue weighted by atomic mass is 10.2. The summed E-state index contributed by atoms with van der Waals surface area (Å²) in [4.78, 5) is 8.73. The fraction of sp³-hybridized carbons (Fsp3) is 0.500. The molecule has 24 heavy (non-hydrogen) atoms. The predicted molar refractivity (Wildman–Crippen MR) is 87.7 cm³/mol. The normalized spacial score (nSPS) is 23.2. The molecule has 3 heterocycles. The Morgan fingerprint density at radius 1 is 1.29 bits per heavy atom. The number of pyridine rings is 1. The zero-order valence-electron chi connectivity index (χ0n) is 13.0. The van der Waals surface area contributed by atoms with Crippen molar-refractivity contribution in [3.8, 4) is 6.07 Å². The Morgan fingerprint density at radius 2 is 2.17 bits per heavy atom. The molecule has 2 aromatic rings. The Balaban J connectivity index is 1.32. The van der Waals surface area contributed by atoms with Gasteiger partial charge in [-0.05, 0) is 37.8 Å². The summed E-state index contributed by atoms with van der Waals surface area (Å²) in [5, 5.41) is 19.8. The van der Waals surface area contributed by atoms with E-state index in [1.807, 2.05) is 6.07 Å². The van der Waals surface area contributed by atoms with Gasteiger partial charge < -0.3 is 10.1 Å². The second kappa shape index (κ2) is 6.38. The number of hydrogen-bond donors (Lipinski definition) is 2. The first-order valence-electron chi connectivity index (χ1n) is 8.11. The SMILES string of the molecule is N#Cc1nc(NC[C@H]2CC[C@@H](c3nc(C4CC4)n[nH]3)O2)ccc1Cl. The Labute approximate surface area is 144 Å². The highest BCUT2D eigenvalue weighted by Gasteiger charge is 2.32. The summed E-state index contributed by atoms with van der Waals surface area (Å²) >= 11 is 5.89. The van der Waals surface area contributed by atoms with E-state index in [4.69, 9.17) is 21.6 Å². The average Bonchev–Trinajstić information content (AvgIpc) is 3.14. The fourth-order valence-electron chi connectivity index (χ4n) is 2.85. The van der Waals surface area contributed by atoms with Gasteiger partial charge in [0.2, 0.25) is 0 Å². The molecule has 0 aromatic carbocycles. The van der Waals surface area contributed by atoms with E-state index < -0.39 is 0 Å². The molecule has 0 amide bonds. The van der Waals surface area contributed by atoms with Crippen LogP contribution in [0.15, 0.2) is 12.1 Å². The summed E-state index contributed by atoms with van der Waals surface area (Å²) in [5.41, 5.74) is 0.223. The molecule has 7 nitrogen and oxygen atoms in total. The van der Waals surface area contributed by atoms with Crippen molar-refractivity contribution in [2.45, 2.75) is 43.8 Å². The van der Waals surface area contributed by atoms with Crippen LogP contribution in [0.1, 0.15) is 55.0 Å². The number of ether oxygens (including phenoxy) is 1. The third-order valence-corrected chi connectivity index (χ3v) is 4.64. The Hall–Kier alpha value is -2.17. The summed E-state index contributed by atoms with van der Waals surface area (Å²) in [5.74, 6) is 2.92. The van der Waals surface area contributed by atoms with Crippen LogP contribution in [0.3, 0.4) is 0 Å². The zero-order valence-corrected chi connectivity index (χ0v) is 13.8. The lowest BCUT2D eigenvalue weighted by Gasteiger charge is -2.13. The molecule has 1 aliphatic carbocycles. The zero-order chi connectivity index (χ0) is 16.5. The standard InChI is InChI=1S/C16H17ClN6O/c17-11-4-6-14(20-12(11)7-18)19-8-10-3-5-13(24-10)16-21-15(22-23-16)9-1-2-9/h4,6,9-10,13H,1-3,5,8H2,(H,19,20)(H,21,22,23)/t10-,13+/m1/s1. The van der Waals surface area contributed by atoms with Gasteiger partial charge in [-0.15, -0.1) is 0 Å². The van der Waals surface area contributed by atoms with Crippen LogP contribution in [0.5, 0.6) is 0 Å². The highest BCUT2D eigenvalue weighted by molar-refractivity contribution is 6.31. The first kappa shape index (κ1) is 15.4. The Morgan fingerprint density at radius 3 is 2.96 bits per heavy atom. The molecule has 8 heteroatoms. The van der Waals surface area contributed by atoms with Crippen LogP contribution in [-0.2, 0) is 4.74 Å². The van der Waals surface area contributed by atoms with E-state index in [1.54, 1.807) is 12.1 Å². The summed E-state index contributed by atoms with van der Waals surface area (Å²) in [6, 6.07) is 5.40. The van der Waals surface area contributed by atoms with Crippen molar-refractivity contribution < 1.29 is 4.74 Å². The number of nitriles is 1. The van der Waals surface area contributed by atoms with E-state index in [2.05, 4.69) is 25.5 Å². The van der Waals surface area contributed by atoms with Crippen LogP contribution in [-0.4, -0.2) is 32.8 Å². The van der Waals surface area contributed by atoms with Crippen molar-refractivity contribution in [3.05, 3.63) is 34.5 Å². The topological polar surface area (TPSA) is 99.5 Å². The molecule has 2 fully saturated rings. The lowest BCUT2D eigenvalue weighted by molar-refractivity contribution is 0.0471. The van der Waals surface area contributed by atoms with Gasteiger partial charge in [-0.1, -0.05) is 11.6 Å². The molecular weight excluding hydrogens is 328 g/mol. The maximum absolute atomic E-state index is 8.96. The molecule has 2 N–H and O–H groups in total. The number of nitrogens with zero attached hydrogens (tertiary/aromatic N) is 4. The molecule has 0 bridgehead atoms. The third kappa shape index (κ3) is 3.21. The highest BCUT2D eigenvalue weighted by atomic mass is 35.5. The number of nitrogens with one attached hydrogen (secondary N) is 2. The van der Waals surface area contributed by atoms with Gasteiger partial charge in [0.25, 0.3) is 0 Å². The molecule has 1 aliphatic heterocycles. The van der Waals surface area contributed by atoms with E-state index in [0.29, 0.717) is 23.3 Å². The van der Waals surface area contributed by atoms with E-state index in [9.17, 15) is 0 Å². The summed E-state index contributed by atoms with van der Waals surface area (Å²) in [7, 11) is 0. The molecule has 4 rings (SSSR count). The molecule has 0 spiro atoms. The van der Waals surface area contributed by atoms with Crippen molar-refractivity contribution in [3.63, 3.8) is 0 Å². The maximum Gasteiger partial charge on any atom is 0.161 e. The number of anilines is 1. The number of rotatable bonds is 5. The average molecular weight is 345 g/mol. The van der Waals surface area contributed by atoms with E-state index in [1.165, 1.54) is 12.8 Å². The van der Waals surface area contributed by atoms with Crippen molar-refractivity contribution in [2.75, 3.05) is 11.9 Å². The second-order valence-electron chi connectivity index (χ2n) is 6.20. The Bertz CT molecular complexity index is 781. The monoisotopic (exact) mass is 344 g/mol. The molecule has 1 saturated carbocycles. The van der Waals surface area contributed by atoms with Gasteiger partial charge in [-0.3, -0.25) is 5.10 Å². The van der Waals surface area contributed by atoms with Crippen molar-refractivity contribution >= 4 is 17.4 Å². The van der Waals surface area contributed by atoms with Crippen LogP contribution in [0, 0.1) is 11.3 Å². The number of hydrogen-bond acceptors (Lipinski definition) is 6. The number of aromatic amines is 1. The van der Waals surface area contributed by atoms with Gasteiger partial charge in [-0.2, -0.15) is 10.4 Å². The highest BCUT2D eigenvalue weighted by Crippen LogP contribution is 2.39. The molecule has 0 radical (unpaired) electrons. The van der Waals surface area contributed by atoms with Crippen LogP contribution < -0.4 is 5.32 Å². The van der Waals surface area contributed by atoms with Gasteiger partial charge in [0.1, 0.15) is 18.0 Å². The predicted octanol–water partition coefficient (Wildman–Crippen LogP) is 2.93.